The van der Waals surface area contributed by atoms with Crippen molar-refractivity contribution in [1.29, 1.82) is 0 Å². The number of ether oxygens (including phenoxy) is 1. The van der Waals surface area contributed by atoms with Gasteiger partial charge in [-0.15, -0.1) is 0 Å². The number of benzene rings is 1. The molecule has 112 valence electrons. The molecule has 1 aromatic carbocycles. The third-order valence-electron chi connectivity index (χ3n) is 2.91. The van der Waals surface area contributed by atoms with Crippen molar-refractivity contribution >= 4 is 5.91 Å². The lowest BCUT2D eigenvalue weighted by Crippen LogP contribution is -2.29. The van der Waals surface area contributed by atoms with Crippen molar-refractivity contribution in [3.8, 4) is 0 Å². The average molecular weight is 282 g/mol. The average Bonchev–Trinajstić information content (AvgIpc) is 2.45. The molecule has 0 fully saturated rings. The van der Waals surface area contributed by atoms with E-state index in [0.717, 1.165) is 6.42 Å². The van der Waals surface area contributed by atoms with Gasteiger partial charge >= 0.3 is 0 Å². The third kappa shape index (κ3) is 7.21. The Morgan fingerprint density at radius 3 is 2.80 bits per heavy atom. The second-order valence-corrected chi connectivity index (χ2v) is 4.54. The minimum atomic E-state index is -0.176. The molecule has 0 atom stereocenters. The first-order valence-electron chi connectivity index (χ1n) is 6.94. The van der Waals surface area contributed by atoms with E-state index in [1.54, 1.807) is 19.2 Å². The Labute approximate surface area is 119 Å². The van der Waals surface area contributed by atoms with Gasteiger partial charge in [0.25, 0.3) is 0 Å². The fourth-order valence-electron chi connectivity index (χ4n) is 1.78. The van der Waals surface area contributed by atoms with Gasteiger partial charge in [-0.3, -0.25) is 4.79 Å². The third-order valence-corrected chi connectivity index (χ3v) is 2.91. The normalized spacial score (nSPS) is 10.5. The molecule has 0 heterocycles. The molecule has 20 heavy (non-hydrogen) atoms. The summed E-state index contributed by atoms with van der Waals surface area (Å²) in [4.78, 5) is 11.4. The van der Waals surface area contributed by atoms with Crippen molar-refractivity contribution in [2.75, 3.05) is 33.4 Å². The van der Waals surface area contributed by atoms with Gasteiger partial charge < -0.3 is 15.4 Å². The number of carbonyl (C=O) groups is 1. The van der Waals surface area contributed by atoms with Gasteiger partial charge in [0.05, 0.1) is 0 Å². The molecule has 5 heteroatoms. The van der Waals surface area contributed by atoms with E-state index >= 15 is 0 Å². The Morgan fingerprint density at radius 1 is 1.25 bits per heavy atom. The van der Waals surface area contributed by atoms with E-state index in [2.05, 4.69) is 10.6 Å². The molecular formula is C15H23FN2O2. The van der Waals surface area contributed by atoms with Gasteiger partial charge in [-0.1, -0.05) is 18.2 Å². The molecule has 0 saturated heterocycles. The summed E-state index contributed by atoms with van der Waals surface area (Å²) in [7, 11) is 1.64. The Bertz CT molecular complexity index is 399. The molecular weight excluding hydrogens is 259 g/mol. The summed E-state index contributed by atoms with van der Waals surface area (Å²) < 4.78 is 18.2. The molecule has 0 unspecified atom stereocenters. The van der Waals surface area contributed by atoms with Crippen LogP contribution in [0.5, 0.6) is 0 Å². The number of hydrogen-bond donors (Lipinski definition) is 2. The first-order valence-corrected chi connectivity index (χ1v) is 6.94. The summed E-state index contributed by atoms with van der Waals surface area (Å²) in [6, 6.07) is 6.74. The number of rotatable bonds is 10. The summed E-state index contributed by atoms with van der Waals surface area (Å²) in [5, 5.41) is 5.96. The molecule has 0 saturated carbocycles. The zero-order valence-electron chi connectivity index (χ0n) is 12.0. The van der Waals surface area contributed by atoms with E-state index in [-0.39, 0.29) is 11.7 Å². The van der Waals surface area contributed by atoms with Crippen LogP contribution in [0, 0.1) is 5.82 Å². The Kier molecular flexibility index (Phi) is 8.58. The molecule has 0 spiro atoms. The Morgan fingerprint density at radius 2 is 2.05 bits per heavy atom. The summed E-state index contributed by atoms with van der Waals surface area (Å²) >= 11 is 0. The fraction of sp³-hybridized carbons (Fsp3) is 0.533. The van der Waals surface area contributed by atoms with Crippen LogP contribution < -0.4 is 10.6 Å². The van der Waals surface area contributed by atoms with Gasteiger partial charge in [0, 0.05) is 33.2 Å². The maximum Gasteiger partial charge on any atom is 0.221 e. The zero-order valence-corrected chi connectivity index (χ0v) is 12.0. The van der Waals surface area contributed by atoms with Crippen molar-refractivity contribution in [2.24, 2.45) is 0 Å². The Balaban J connectivity index is 2.02. The van der Waals surface area contributed by atoms with Crippen molar-refractivity contribution in [2.45, 2.75) is 19.3 Å². The van der Waals surface area contributed by atoms with E-state index in [1.165, 1.54) is 6.07 Å². The van der Waals surface area contributed by atoms with Crippen molar-refractivity contribution < 1.29 is 13.9 Å². The second kappa shape index (κ2) is 10.3. The molecule has 2 N–H and O–H groups in total. The molecule has 0 aliphatic rings. The van der Waals surface area contributed by atoms with Crippen LogP contribution in [0.1, 0.15) is 18.4 Å². The van der Waals surface area contributed by atoms with Crippen LogP contribution in [-0.2, 0) is 16.0 Å². The maximum absolute atomic E-state index is 13.3. The largest absolute Gasteiger partial charge is 0.385 e. The van der Waals surface area contributed by atoms with E-state index in [0.29, 0.717) is 44.6 Å². The van der Waals surface area contributed by atoms with E-state index in [9.17, 15) is 9.18 Å². The van der Waals surface area contributed by atoms with Gasteiger partial charge in [0.2, 0.25) is 5.91 Å². The standard InChI is InChI=1S/C15H23FN2O2/c1-20-12-4-9-18-15(19)8-11-17-10-7-13-5-2-3-6-14(13)16/h2-3,5-6,17H,4,7-12H2,1H3,(H,18,19). The van der Waals surface area contributed by atoms with Crippen LogP contribution in [0.3, 0.4) is 0 Å². The highest BCUT2D eigenvalue weighted by atomic mass is 19.1. The number of nitrogens with one attached hydrogen (secondary N) is 2. The first kappa shape index (κ1) is 16.6. The number of hydrogen-bond acceptors (Lipinski definition) is 3. The quantitative estimate of drug-likeness (QED) is 0.639. The topological polar surface area (TPSA) is 50.4 Å². The van der Waals surface area contributed by atoms with E-state index < -0.39 is 0 Å². The first-order chi connectivity index (χ1) is 9.74. The minimum absolute atomic E-state index is 0.0273. The molecule has 4 nitrogen and oxygen atoms in total. The lowest BCUT2D eigenvalue weighted by Gasteiger charge is -2.07. The fourth-order valence-corrected chi connectivity index (χ4v) is 1.78. The highest BCUT2D eigenvalue weighted by Gasteiger charge is 2.01. The van der Waals surface area contributed by atoms with Crippen LogP contribution in [0.25, 0.3) is 0 Å². The predicted octanol–water partition coefficient (Wildman–Crippen LogP) is 1.50. The minimum Gasteiger partial charge on any atom is -0.385 e. The lowest BCUT2D eigenvalue weighted by atomic mass is 10.1. The number of methoxy groups -OCH3 is 1. The maximum atomic E-state index is 13.3. The molecule has 1 rings (SSSR count). The van der Waals surface area contributed by atoms with Crippen LogP contribution >= 0.6 is 0 Å². The molecule has 0 radical (unpaired) electrons. The Hall–Kier alpha value is -1.46. The summed E-state index contributed by atoms with van der Waals surface area (Å²) in [5.41, 5.74) is 0.698. The molecule has 0 bridgehead atoms. The predicted molar refractivity (Wildman–Crippen MR) is 77.1 cm³/mol. The van der Waals surface area contributed by atoms with Crippen LogP contribution in [0.4, 0.5) is 4.39 Å². The highest BCUT2D eigenvalue weighted by molar-refractivity contribution is 5.75. The van der Waals surface area contributed by atoms with Crippen LogP contribution in [0.15, 0.2) is 24.3 Å². The summed E-state index contributed by atoms with van der Waals surface area (Å²) in [6.45, 7) is 2.56. The molecule has 0 aromatic heterocycles. The monoisotopic (exact) mass is 282 g/mol. The number of amides is 1. The molecule has 0 aliphatic carbocycles. The van der Waals surface area contributed by atoms with Crippen molar-refractivity contribution in [1.82, 2.24) is 10.6 Å². The van der Waals surface area contributed by atoms with Gasteiger partial charge in [-0.25, -0.2) is 4.39 Å². The van der Waals surface area contributed by atoms with E-state index in [1.807, 2.05) is 6.07 Å². The molecule has 1 amide bonds. The van der Waals surface area contributed by atoms with Crippen molar-refractivity contribution in [3.05, 3.63) is 35.6 Å². The molecule has 1 aromatic rings. The highest BCUT2D eigenvalue weighted by Crippen LogP contribution is 2.05. The summed E-state index contributed by atoms with van der Waals surface area (Å²) in [6.07, 6.45) is 1.88. The number of halogens is 1. The number of carbonyl (C=O) groups excluding carboxylic acids is 1. The smallest absolute Gasteiger partial charge is 0.221 e. The second-order valence-electron chi connectivity index (χ2n) is 4.54. The zero-order chi connectivity index (χ0) is 14.6. The van der Waals surface area contributed by atoms with Crippen LogP contribution in [-0.4, -0.2) is 39.3 Å². The lowest BCUT2D eigenvalue weighted by molar-refractivity contribution is -0.121. The van der Waals surface area contributed by atoms with Gasteiger partial charge in [-0.2, -0.15) is 0 Å². The van der Waals surface area contributed by atoms with Gasteiger partial charge in [-0.05, 0) is 31.0 Å². The van der Waals surface area contributed by atoms with Crippen molar-refractivity contribution in [3.63, 3.8) is 0 Å². The van der Waals surface area contributed by atoms with Crippen LogP contribution in [0.2, 0.25) is 0 Å². The molecule has 0 aliphatic heterocycles. The van der Waals surface area contributed by atoms with E-state index in [4.69, 9.17) is 4.74 Å². The van der Waals surface area contributed by atoms with Gasteiger partial charge in [0.15, 0.2) is 0 Å². The summed E-state index contributed by atoms with van der Waals surface area (Å²) in [5.74, 6) is -0.148. The SMILES string of the molecule is COCCCNC(=O)CCNCCc1ccccc1F. The van der Waals surface area contributed by atoms with Gasteiger partial charge in [0.1, 0.15) is 5.82 Å².